The van der Waals surface area contributed by atoms with Gasteiger partial charge < -0.3 is 14.4 Å². The molecule has 1 amide bonds. The fourth-order valence-electron chi connectivity index (χ4n) is 2.20. The van der Waals surface area contributed by atoms with Gasteiger partial charge in [-0.1, -0.05) is 0 Å². The monoisotopic (exact) mass is 322 g/mol. The maximum atomic E-state index is 13.9. The first-order valence-electron chi connectivity index (χ1n) is 7.30. The molecule has 1 aromatic carbocycles. The van der Waals surface area contributed by atoms with Crippen LogP contribution in [-0.2, 0) is 9.53 Å². The number of nitrogens with zero attached hydrogens (tertiary/aromatic N) is 2. The number of ether oxygens (including phenoxy) is 2. The summed E-state index contributed by atoms with van der Waals surface area (Å²) in [4.78, 5) is 27.0. The van der Waals surface area contributed by atoms with Crippen LogP contribution in [0.4, 0.5) is 14.9 Å². The molecular formula is C16H19FN2O4. The normalized spacial score (nSPS) is 17.6. The van der Waals surface area contributed by atoms with Crippen molar-refractivity contribution in [1.29, 1.82) is 0 Å². The Bertz CT molecular complexity index is 635. The van der Waals surface area contributed by atoms with Crippen LogP contribution in [0.1, 0.15) is 27.2 Å². The summed E-state index contributed by atoms with van der Waals surface area (Å²) in [6.07, 6.45) is 1.23. The third-order valence-corrected chi connectivity index (χ3v) is 3.18. The van der Waals surface area contributed by atoms with Crippen molar-refractivity contribution in [3.05, 3.63) is 24.0 Å². The van der Waals surface area contributed by atoms with Crippen LogP contribution in [0, 0.1) is 5.82 Å². The van der Waals surface area contributed by atoms with E-state index in [0.717, 1.165) is 6.07 Å². The van der Waals surface area contributed by atoms with Gasteiger partial charge in [-0.05, 0) is 32.9 Å². The lowest BCUT2D eigenvalue weighted by Crippen LogP contribution is -2.36. The summed E-state index contributed by atoms with van der Waals surface area (Å²) < 4.78 is 24.8. The van der Waals surface area contributed by atoms with Gasteiger partial charge in [0.25, 0.3) is 0 Å². The summed E-state index contributed by atoms with van der Waals surface area (Å²) in [5.41, 5.74) is -0.386. The SMILES string of the molecule is CC(C)(C)OC(=O)N1CCC(Oc2ccc(N=C=O)cc2F)C1. The first kappa shape index (κ1) is 17.0. The molecule has 7 heteroatoms. The third-order valence-electron chi connectivity index (χ3n) is 3.18. The molecule has 1 aromatic rings. The number of rotatable bonds is 3. The van der Waals surface area contributed by atoms with E-state index in [1.54, 1.807) is 25.7 Å². The van der Waals surface area contributed by atoms with Crippen molar-refractivity contribution in [2.24, 2.45) is 4.99 Å². The van der Waals surface area contributed by atoms with E-state index in [9.17, 15) is 14.0 Å². The molecule has 1 saturated heterocycles. The van der Waals surface area contributed by atoms with E-state index in [4.69, 9.17) is 9.47 Å². The summed E-state index contributed by atoms with van der Waals surface area (Å²) in [5.74, 6) is -0.553. The number of hydrogen-bond acceptors (Lipinski definition) is 5. The Morgan fingerprint density at radius 1 is 1.43 bits per heavy atom. The molecule has 0 saturated carbocycles. The van der Waals surface area contributed by atoms with Gasteiger partial charge in [0.05, 0.1) is 12.2 Å². The zero-order valence-corrected chi connectivity index (χ0v) is 13.3. The number of benzene rings is 1. The van der Waals surface area contributed by atoms with E-state index in [0.29, 0.717) is 19.5 Å². The highest BCUT2D eigenvalue weighted by molar-refractivity contribution is 5.68. The Kier molecular flexibility index (Phi) is 5.01. The quantitative estimate of drug-likeness (QED) is 0.633. The lowest BCUT2D eigenvalue weighted by molar-refractivity contribution is 0.0275. The molecule has 1 aliphatic heterocycles. The second kappa shape index (κ2) is 6.79. The molecule has 1 aliphatic rings. The Balaban J connectivity index is 1.95. The molecule has 124 valence electrons. The minimum atomic E-state index is -0.614. The van der Waals surface area contributed by atoms with Gasteiger partial charge in [0.15, 0.2) is 11.6 Å². The number of halogens is 1. The molecule has 1 heterocycles. The minimum absolute atomic E-state index is 0.0610. The van der Waals surface area contributed by atoms with Gasteiger partial charge in [0.1, 0.15) is 11.7 Å². The number of carbonyl (C=O) groups is 1. The first-order valence-corrected chi connectivity index (χ1v) is 7.30. The predicted molar refractivity (Wildman–Crippen MR) is 81.0 cm³/mol. The van der Waals surface area contributed by atoms with Crippen LogP contribution < -0.4 is 4.74 Å². The van der Waals surface area contributed by atoms with Crippen LogP contribution in [0.3, 0.4) is 0 Å². The predicted octanol–water partition coefficient (Wildman–Crippen LogP) is 3.18. The second-order valence-electron chi connectivity index (χ2n) is 6.27. The molecule has 1 atom stereocenters. The van der Waals surface area contributed by atoms with Gasteiger partial charge in [-0.3, -0.25) is 0 Å². The highest BCUT2D eigenvalue weighted by Crippen LogP contribution is 2.26. The fraction of sp³-hybridized carbons (Fsp3) is 0.500. The highest BCUT2D eigenvalue weighted by atomic mass is 19.1. The number of carbonyl (C=O) groups excluding carboxylic acids is 2. The summed E-state index contributed by atoms with van der Waals surface area (Å²) in [7, 11) is 0. The summed E-state index contributed by atoms with van der Waals surface area (Å²) in [6, 6.07) is 3.96. The van der Waals surface area contributed by atoms with Crippen LogP contribution in [0.15, 0.2) is 23.2 Å². The van der Waals surface area contributed by atoms with Crippen molar-refractivity contribution in [3.63, 3.8) is 0 Å². The molecule has 1 unspecified atom stereocenters. The minimum Gasteiger partial charge on any atom is -0.485 e. The molecule has 2 rings (SSSR count). The van der Waals surface area contributed by atoms with Crippen molar-refractivity contribution in [1.82, 2.24) is 4.90 Å². The molecular weight excluding hydrogens is 303 g/mol. The van der Waals surface area contributed by atoms with Gasteiger partial charge in [0, 0.05) is 19.0 Å². The molecule has 0 bridgehead atoms. The number of amides is 1. The van der Waals surface area contributed by atoms with Gasteiger partial charge in [-0.2, -0.15) is 4.99 Å². The van der Waals surface area contributed by atoms with Crippen LogP contribution in [-0.4, -0.2) is 41.9 Å². The fourth-order valence-corrected chi connectivity index (χ4v) is 2.20. The summed E-state index contributed by atoms with van der Waals surface area (Å²) >= 11 is 0. The van der Waals surface area contributed by atoms with E-state index in [1.165, 1.54) is 18.2 Å². The van der Waals surface area contributed by atoms with Gasteiger partial charge >= 0.3 is 6.09 Å². The number of aliphatic imine (C=N–C) groups is 1. The van der Waals surface area contributed by atoms with E-state index in [2.05, 4.69) is 4.99 Å². The Labute approximate surface area is 133 Å². The van der Waals surface area contributed by atoms with Gasteiger partial charge in [-0.15, -0.1) is 0 Å². The van der Waals surface area contributed by atoms with E-state index < -0.39 is 17.5 Å². The van der Waals surface area contributed by atoms with Crippen LogP contribution in [0.5, 0.6) is 5.75 Å². The van der Waals surface area contributed by atoms with Crippen molar-refractivity contribution in [2.45, 2.75) is 38.9 Å². The highest BCUT2D eigenvalue weighted by Gasteiger charge is 2.31. The molecule has 0 spiro atoms. The third kappa shape index (κ3) is 4.79. The standard InChI is InChI=1S/C16H19FN2O4/c1-16(2,3)23-15(21)19-7-6-12(9-19)22-14-5-4-11(18-10-20)8-13(14)17/h4-5,8,12H,6-7,9H2,1-3H3. The van der Waals surface area contributed by atoms with Crippen LogP contribution >= 0.6 is 0 Å². The molecule has 0 radical (unpaired) electrons. The lowest BCUT2D eigenvalue weighted by atomic mass is 10.2. The van der Waals surface area contributed by atoms with Crippen molar-refractivity contribution in [2.75, 3.05) is 13.1 Å². The maximum absolute atomic E-state index is 13.9. The lowest BCUT2D eigenvalue weighted by Gasteiger charge is -2.24. The number of isocyanates is 1. The van der Waals surface area contributed by atoms with Gasteiger partial charge in [-0.25, -0.2) is 14.0 Å². The largest absolute Gasteiger partial charge is 0.485 e. The zero-order chi connectivity index (χ0) is 17.0. The molecule has 23 heavy (non-hydrogen) atoms. The zero-order valence-electron chi connectivity index (χ0n) is 13.3. The second-order valence-corrected chi connectivity index (χ2v) is 6.27. The van der Waals surface area contributed by atoms with Crippen molar-refractivity contribution in [3.8, 4) is 5.75 Å². The van der Waals surface area contributed by atoms with Gasteiger partial charge in [0.2, 0.25) is 6.08 Å². The molecule has 6 nitrogen and oxygen atoms in total. The smallest absolute Gasteiger partial charge is 0.410 e. The summed E-state index contributed by atoms with van der Waals surface area (Å²) in [5, 5.41) is 0. The number of hydrogen-bond donors (Lipinski definition) is 0. The number of likely N-dealkylation sites (tertiary alicyclic amines) is 1. The Morgan fingerprint density at radius 3 is 2.78 bits per heavy atom. The molecule has 1 fully saturated rings. The Morgan fingerprint density at radius 2 is 2.17 bits per heavy atom. The van der Waals surface area contributed by atoms with Crippen LogP contribution in [0.25, 0.3) is 0 Å². The molecule has 0 aromatic heterocycles. The van der Waals surface area contributed by atoms with E-state index in [1.807, 2.05) is 0 Å². The average Bonchev–Trinajstić information content (AvgIpc) is 2.89. The first-order chi connectivity index (χ1) is 10.8. The summed E-state index contributed by atoms with van der Waals surface area (Å²) in [6.45, 7) is 6.23. The average molecular weight is 322 g/mol. The van der Waals surface area contributed by atoms with Crippen LogP contribution in [0.2, 0.25) is 0 Å². The Hall–Kier alpha value is -2.40. The molecule has 0 aliphatic carbocycles. The molecule has 0 N–H and O–H groups in total. The topological polar surface area (TPSA) is 68.2 Å². The van der Waals surface area contributed by atoms with E-state index >= 15 is 0 Å². The van der Waals surface area contributed by atoms with Crippen molar-refractivity contribution >= 4 is 17.9 Å². The van der Waals surface area contributed by atoms with Crippen molar-refractivity contribution < 1.29 is 23.5 Å². The maximum Gasteiger partial charge on any atom is 0.410 e. The van der Waals surface area contributed by atoms with E-state index in [-0.39, 0.29) is 17.5 Å².